The molecule has 2 unspecified atom stereocenters. The molecule has 2 atom stereocenters. The van der Waals surface area contributed by atoms with Crippen LogP contribution in [0.5, 0.6) is 0 Å². The van der Waals surface area contributed by atoms with E-state index in [0.29, 0.717) is 5.56 Å². The lowest BCUT2D eigenvalue weighted by Crippen LogP contribution is -2.20. The first-order chi connectivity index (χ1) is 7.60. The average Bonchev–Trinajstić information content (AvgIpc) is 2.93. The van der Waals surface area contributed by atoms with E-state index >= 15 is 0 Å². The van der Waals surface area contributed by atoms with E-state index in [1.807, 2.05) is 12.1 Å². The Kier molecular flexibility index (Phi) is 3.20. The minimum absolute atomic E-state index is 0.708. The molecule has 0 bridgehead atoms. The van der Waals surface area contributed by atoms with Gasteiger partial charge in [0.05, 0.1) is 11.6 Å². The van der Waals surface area contributed by atoms with Gasteiger partial charge in [0.1, 0.15) is 0 Å². The molecule has 3 heteroatoms. The summed E-state index contributed by atoms with van der Waals surface area (Å²) in [6.45, 7) is 3.38. The summed E-state index contributed by atoms with van der Waals surface area (Å²) in [7, 11) is 2.09. The fourth-order valence-electron chi connectivity index (χ4n) is 1.97. The van der Waals surface area contributed by atoms with Gasteiger partial charge in [-0.15, -0.1) is 0 Å². The molecular weight excluding hydrogens is 264 g/mol. The highest BCUT2D eigenvalue weighted by atomic mass is 79.9. The molecule has 0 heterocycles. The fraction of sp³-hybridized carbons (Fsp3) is 0.462. The van der Waals surface area contributed by atoms with Gasteiger partial charge < -0.3 is 4.90 Å². The van der Waals surface area contributed by atoms with Gasteiger partial charge in [-0.1, -0.05) is 22.9 Å². The molecule has 1 aliphatic rings. The zero-order valence-corrected chi connectivity index (χ0v) is 11.2. The van der Waals surface area contributed by atoms with Gasteiger partial charge in [-0.25, -0.2) is 0 Å². The van der Waals surface area contributed by atoms with Gasteiger partial charge >= 0.3 is 0 Å². The molecule has 1 fully saturated rings. The Morgan fingerprint density at radius 2 is 2.19 bits per heavy atom. The van der Waals surface area contributed by atoms with Gasteiger partial charge in [-0.2, -0.15) is 5.26 Å². The molecule has 1 aliphatic carbocycles. The van der Waals surface area contributed by atoms with Gasteiger partial charge in [0, 0.05) is 23.8 Å². The Bertz CT molecular complexity index is 436. The standard InChI is InChI=1S/C13H15BrN2/c1-9-3-11(9)8-16(2)13-5-10(7-15)4-12(14)6-13/h4-6,9,11H,3,8H2,1-2H3. The summed E-state index contributed by atoms with van der Waals surface area (Å²) in [5.41, 5.74) is 1.82. The second kappa shape index (κ2) is 4.47. The van der Waals surface area contributed by atoms with Gasteiger partial charge in [0.2, 0.25) is 0 Å². The minimum atomic E-state index is 0.708. The van der Waals surface area contributed by atoms with Crippen LogP contribution >= 0.6 is 15.9 Å². The summed E-state index contributed by atoms with van der Waals surface area (Å²) in [4.78, 5) is 2.24. The first-order valence-electron chi connectivity index (χ1n) is 5.52. The maximum absolute atomic E-state index is 8.92. The van der Waals surface area contributed by atoms with E-state index in [4.69, 9.17) is 5.26 Å². The van der Waals surface area contributed by atoms with E-state index in [9.17, 15) is 0 Å². The lowest BCUT2D eigenvalue weighted by atomic mass is 10.2. The maximum atomic E-state index is 8.92. The summed E-state index contributed by atoms with van der Waals surface area (Å²) in [5, 5.41) is 8.92. The molecule has 0 N–H and O–H groups in total. The van der Waals surface area contributed by atoms with Crippen LogP contribution in [0.1, 0.15) is 18.9 Å². The van der Waals surface area contributed by atoms with E-state index in [2.05, 4.69) is 46.9 Å². The SMILES string of the molecule is CC1CC1CN(C)c1cc(Br)cc(C#N)c1. The third-order valence-electron chi connectivity index (χ3n) is 3.24. The van der Waals surface area contributed by atoms with Crippen molar-refractivity contribution >= 4 is 21.6 Å². The number of nitriles is 1. The molecule has 0 aromatic heterocycles. The maximum Gasteiger partial charge on any atom is 0.0992 e. The molecule has 2 nitrogen and oxygen atoms in total. The van der Waals surface area contributed by atoms with Crippen molar-refractivity contribution in [3.8, 4) is 6.07 Å². The summed E-state index contributed by atoms with van der Waals surface area (Å²) < 4.78 is 0.970. The van der Waals surface area contributed by atoms with Gasteiger partial charge in [-0.05, 0) is 36.5 Å². The topological polar surface area (TPSA) is 27.0 Å². The average molecular weight is 279 g/mol. The van der Waals surface area contributed by atoms with Crippen molar-refractivity contribution in [1.29, 1.82) is 5.26 Å². The largest absolute Gasteiger partial charge is 0.374 e. The van der Waals surface area contributed by atoms with E-state index in [-0.39, 0.29) is 0 Å². The lowest BCUT2D eigenvalue weighted by molar-refractivity contribution is 0.725. The van der Waals surface area contributed by atoms with Crippen molar-refractivity contribution in [1.82, 2.24) is 0 Å². The van der Waals surface area contributed by atoms with E-state index in [1.165, 1.54) is 6.42 Å². The zero-order chi connectivity index (χ0) is 11.7. The van der Waals surface area contributed by atoms with Crippen LogP contribution in [-0.4, -0.2) is 13.6 Å². The molecular formula is C13H15BrN2. The predicted octanol–water partition coefficient (Wildman–Crippen LogP) is 3.41. The third-order valence-corrected chi connectivity index (χ3v) is 3.69. The van der Waals surface area contributed by atoms with Crippen molar-refractivity contribution in [2.75, 3.05) is 18.5 Å². The van der Waals surface area contributed by atoms with Gasteiger partial charge in [-0.3, -0.25) is 0 Å². The number of hydrogen-bond acceptors (Lipinski definition) is 2. The molecule has 0 radical (unpaired) electrons. The second-order valence-corrected chi connectivity index (χ2v) is 5.58. The van der Waals surface area contributed by atoms with Crippen LogP contribution in [0.4, 0.5) is 5.69 Å². The Morgan fingerprint density at radius 1 is 1.50 bits per heavy atom. The van der Waals surface area contributed by atoms with Crippen LogP contribution in [-0.2, 0) is 0 Å². The van der Waals surface area contributed by atoms with Crippen molar-refractivity contribution in [2.24, 2.45) is 11.8 Å². The molecule has 1 saturated carbocycles. The van der Waals surface area contributed by atoms with Crippen LogP contribution in [0.3, 0.4) is 0 Å². The van der Waals surface area contributed by atoms with Crippen LogP contribution in [0, 0.1) is 23.2 Å². The molecule has 1 aromatic rings. The number of benzene rings is 1. The number of halogens is 1. The molecule has 0 spiro atoms. The van der Waals surface area contributed by atoms with E-state index in [0.717, 1.165) is 28.5 Å². The number of anilines is 1. The molecule has 0 amide bonds. The molecule has 84 valence electrons. The van der Waals surface area contributed by atoms with E-state index in [1.54, 1.807) is 0 Å². The molecule has 2 rings (SSSR count). The quantitative estimate of drug-likeness (QED) is 0.847. The van der Waals surface area contributed by atoms with Gasteiger partial charge in [0.15, 0.2) is 0 Å². The van der Waals surface area contributed by atoms with Crippen LogP contribution in [0.15, 0.2) is 22.7 Å². The van der Waals surface area contributed by atoms with E-state index < -0.39 is 0 Å². The van der Waals surface area contributed by atoms with Crippen LogP contribution in [0.2, 0.25) is 0 Å². The third kappa shape index (κ3) is 2.56. The smallest absolute Gasteiger partial charge is 0.0992 e. The number of nitrogens with zero attached hydrogens (tertiary/aromatic N) is 2. The van der Waals surface area contributed by atoms with Crippen molar-refractivity contribution in [2.45, 2.75) is 13.3 Å². The first kappa shape index (κ1) is 11.5. The zero-order valence-electron chi connectivity index (χ0n) is 9.57. The first-order valence-corrected chi connectivity index (χ1v) is 6.31. The Labute approximate surface area is 105 Å². The molecule has 0 aliphatic heterocycles. The van der Waals surface area contributed by atoms with Crippen LogP contribution < -0.4 is 4.90 Å². The van der Waals surface area contributed by atoms with Gasteiger partial charge in [0.25, 0.3) is 0 Å². The number of hydrogen-bond donors (Lipinski definition) is 0. The van der Waals surface area contributed by atoms with Crippen LogP contribution in [0.25, 0.3) is 0 Å². The molecule has 16 heavy (non-hydrogen) atoms. The Balaban J connectivity index is 2.13. The fourth-order valence-corrected chi connectivity index (χ4v) is 2.45. The summed E-state index contributed by atoms with van der Waals surface area (Å²) in [6.07, 6.45) is 1.34. The highest BCUT2D eigenvalue weighted by Crippen LogP contribution is 2.38. The normalized spacial score (nSPS) is 22.6. The monoisotopic (exact) mass is 278 g/mol. The highest BCUT2D eigenvalue weighted by molar-refractivity contribution is 9.10. The van der Waals surface area contributed by atoms with Crippen molar-refractivity contribution in [3.63, 3.8) is 0 Å². The van der Waals surface area contributed by atoms with Crippen molar-refractivity contribution in [3.05, 3.63) is 28.2 Å². The minimum Gasteiger partial charge on any atom is -0.374 e. The molecule has 0 saturated heterocycles. The Morgan fingerprint density at radius 3 is 2.75 bits per heavy atom. The predicted molar refractivity (Wildman–Crippen MR) is 69.4 cm³/mol. The Hall–Kier alpha value is -1.01. The second-order valence-electron chi connectivity index (χ2n) is 4.66. The summed E-state index contributed by atoms with van der Waals surface area (Å²) in [6, 6.07) is 8.03. The highest BCUT2D eigenvalue weighted by Gasteiger charge is 2.33. The summed E-state index contributed by atoms with van der Waals surface area (Å²) >= 11 is 3.44. The molecule has 1 aromatic carbocycles. The lowest BCUT2D eigenvalue weighted by Gasteiger charge is -2.19. The van der Waals surface area contributed by atoms with Crippen molar-refractivity contribution < 1.29 is 0 Å². The summed E-state index contributed by atoms with van der Waals surface area (Å²) in [5.74, 6) is 1.69. The number of rotatable bonds is 3.